The van der Waals surface area contributed by atoms with Crippen LogP contribution in [0.5, 0.6) is 0 Å². The van der Waals surface area contributed by atoms with Crippen LogP contribution in [0.4, 0.5) is 5.69 Å². The van der Waals surface area contributed by atoms with Gasteiger partial charge in [0, 0.05) is 12.2 Å². The molecule has 14 heavy (non-hydrogen) atoms. The average molecular weight is 191 g/mol. The minimum Gasteiger partial charge on any atom is -0.444 e. The fourth-order valence-electron chi connectivity index (χ4n) is 1.90. The van der Waals surface area contributed by atoms with Crippen LogP contribution in [0.2, 0.25) is 0 Å². The van der Waals surface area contributed by atoms with E-state index in [0.29, 0.717) is 6.47 Å². The molecule has 1 aromatic carbocycles. The van der Waals surface area contributed by atoms with Gasteiger partial charge in [0.1, 0.15) is 0 Å². The number of para-hydroxylation sites is 1. The third kappa shape index (κ3) is 1.45. The van der Waals surface area contributed by atoms with Crippen molar-refractivity contribution in [3.63, 3.8) is 0 Å². The molecule has 3 heteroatoms. The van der Waals surface area contributed by atoms with Crippen molar-refractivity contribution >= 4 is 12.2 Å². The highest BCUT2D eigenvalue weighted by atomic mass is 16.5. The number of carbonyl (C=O) groups is 1. The standard InChI is InChI=1S/C11H13NO2/c1-9(14-8-13)12-7-6-10-4-2-3-5-11(10)12/h2-5,8-9H,6-7H2,1H3/t9-/m1/s1. The lowest BCUT2D eigenvalue weighted by atomic mass is 10.2. The van der Waals surface area contributed by atoms with E-state index < -0.39 is 0 Å². The molecule has 0 radical (unpaired) electrons. The molecule has 1 heterocycles. The van der Waals surface area contributed by atoms with Crippen LogP contribution < -0.4 is 4.90 Å². The number of carbonyl (C=O) groups excluding carboxylic acids is 1. The molecular formula is C11H13NO2. The molecular weight excluding hydrogens is 178 g/mol. The number of benzene rings is 1. The van der Waals surface area contributed by atoms with Crippen molar-refractivity contribution in [2.24, 2.45) is 0 Å². The molecule has 0 fully saturated rings. The number of fused-ring (bicyclic) bond motifs is 1. The Balaban J connectivity index is 2.21. The molecule has 0 saturated heterocycles. The normalized spacial score (nSPS) is 16.2. The van der Waals surface area contributed by atoms with E-state index in [2.05, 4.69) is 17.0 Å². The van der Waals surface area contributed by atoms with Crippen molar-refractivity contribution in [1.82, 2.24) is 0 Å². The van der Waals surface area contributed by atoms with Gasteiger partial charge in [-0.15, -0.1) is 0 Å². The average Bonchev–Trinajstić information content (AvgIpc) is 2.61. The first-order chi connectivity index (χ1) is 6.83. The number of rotatable bonds is 3. The minimum absolute atomic E-state index is 0.170. The summed E-state index contributed by atoms with van der Waals surface area (Å²) < 4.78 is 4.93. The Labute approximate surface area is 83.3 Å². The van der Waals surface area contributed by atoms with Gasteiger partial charge in [-0.1, -0.05) is 18.2 Å². The summed E-state index contributed by atoms with van der Waals surface area (Å²) in [6, 6.07) is 8.22. The molecule has 0 amide bonds. The third-order valence-electron chi connectivity index (χ3n) is 2.61. The highest BCUT2D eigenvalue weighted by molar-refractivity contribution is 5.58. The van der Waals surface area contributed by atoms with Gasteiger partial charge in [0.05, 0.1) is 0 Å². The summed E-state index contributed by atoms with van der Waals surface area (Å²) in [4.78, 5) is 12.3. The first kappa shape index (κ1) is 9.06. The molecule has 0 spiro atoms. The molecule has 0 aromatic heterocycles. The van der Waals surface area contributed by atoms with Crippen molar-refractivity contribution in [3.05, 3.63) is 29.8 Å². The fourth-order valence-corrected chi connectivity index (χ4v) is 1.90. The second-order valence-corrected chi connectivity index (χ2v) is 3.40. The smallest absolute Gasteiger partial charge is 0.294 e. The Bertz CT molecular complexity index is 338. The Hall–Kier alpha value is -1.51. The molecule has 0 saturated carbocycles. The molecule has 2 rings (SSSR count). The van der Waals surface area contributed by atoms with E-state index in [1.54, 1.807) is 0 Å². The Morgan fingerprint density at radius 2 is 2.29 bits per heavy atom. The number of nitrogens with zero attached hydrogens (tertiary/aromatic N) is 1. The van der Waals surface area contributed by atoms with Gasteiger partial charge in [0.2, 0.25) is 0 Å². The summed E-state index contributed by atoms with van der Waals surface area (Å²) in [5.74, 6) is 0. The lowest BCUT2D eigenvalue weighted by Gasteiger charge is -2.25. The monoisotopic (exact) mass is 191 g/mol. The van der Waals surface area contributed by atoms with Crippen molar-refractivity contribution in [2.45, 2.75) is 19.6 Å². The van der Waals surface area contributed by atoms with Gasteiger partial charge in [-0.2, -0.15) is 0 Å². The second-order valence-electron chi connectivity index (χ2n) is 3.40. The molecule has 3 nitrogen and oxygen atoms in total. The summed E-state index contributed by atoms with van der Waals surface area (Å²) in [7, 11) is 0. The van der Waals surface area contributed by atoms with Crippen molar-refractivity contribution in [1.29, 1.82) is 0 Å². The molecule has 74 valence electrons. The van der Waals surface area contributed by atoms with E-state index >= 15 is 0 Å². The molecule has 1 aliphatic heterocycles. The topological polar surface area (TPSA) is 29.5 Å². The maximum atomic E-state index is 10.2. The van der Waals surface area contributed by atoms with E-state index in [0.717, 1.165) is 13.0 Å². The van der Waals surface area contributed by atoms with E-state index in [1.807, 2.05) is 19.1 Å². The van der Waals surface area contributed by atoms with Crippen LogP contribution in [0.25, 0.3) is 0 Å². The zero-order valence-corrected chi connectivity index (χ0v) is 8.14. The molecule has 1 atom stereocenters. The summed E-state index contributed by atoms with van der Waals surface area (Å²) in [6.45, 7) is 3.32. The minimum atomic E-state index is -0.170. The predicted octanol–water partition coefficient (Wildman–Crippen LogP) is 1.57. The highest BCUT2D eigenvalue weighted by Gasteiger charge is 2.23. The number of anilines is 1. The molecule has 0 bridgehead atoms. The van der Waals surface area contributed by atoms with Gasteiger partial charge in [0.15, 0.2) is 6.23 Å². The largest absolute Gasteiger partial charge is 0.444 e. The zero-order chi connectivity index (χ0) is 9.97. The summed E-state index contributed by atoms with van der Waals surface area (Å²) >= 11 is 0. The predicted molar refractivity (Wildman–Crippen MR) is 54.1 cm³/mol. The Morgan fingerprint density at radius 3 is 3.07 bits per heavy atom. The lowest BCUT2D eigenvalue weighted by molar-refractivity contribution is -0.132. The quantitative estimate of drug-likeness (QED) is 0.679. The number of ether oxygens (including phenoxy) is 1. The SMILES string of the molecule is C[C@@H](OC=O)N1CCc2ccccc21. The summed E-state index contributed by atoms with van der Waals surface area (Å²) in [5, 5.41) is 0. The van der Waals surface area contributed by atoms with E-state index in [4.69, 9.17) is 4.74 Å². The van der Waals surface area contributed by atoms with Gasteiger partial charge >= 0.3 is 0 Å². The molecule has 0 N–H and O–H groups in total. The maximum Gasteiger partial charge on any atom is 0.294 e. The van der Waals surface area contributed by atoms with Crippen molar-refractivity contribution in [2.75, 3.05) is 11.4 Å². The molecule has 1 aromatic rings. The van der Waals surface area contributed by atoms with Gasteiger partial charge in [0.25, 0.3) is 6.47 Å². The third-order valence-corrected chi connectivity index (χ3v) is 2.61. The Kier molecular flexibility index (Phi) is 2.39. The molecule has 1 aliphatic rings. The summed E-state index contributed by atoms with van der Waals surface area (Å²) in [5.41, 5.74) is 2.51. The zero-order valence-electron chi connectivity index (χ0n) is 8.14. The maximum absolute atomic E-state index is 10.2. The lowest BCUT2D eigenvalue weighted by Crippen LogP contribution is -2.33. The highest BCUT2D eigenvalue weighted by Crippen LogP contribution is 2.28. The van der Waals surface area contributed by atoms with Crippen LogP contribution >= 0.6 is 0 Å². The first-order valence-corrected chi connectivity index (χ1v) is 4.76. The van der Waals surface area contributed by atoms with Crippen LogP contribution in [-0.2, 0) is 16.0 Å². The van der Waals surface area contributed by atoms with Crippen LogP contribution in [0.3, 0.4) is 0 Å². The van der Waals surface area contributed by atoms with E-state index in [-0.39, 0.29) is 6.23 Å². The molecule has 0 aliphatic carbocycles. The summed E-state index contributed by atoms with van der Waals surface area (Å²) in [6.07, 6.45) is 0.860. The number of hydrogen-bond donors (Lipinski definition) is 0. The van der Waals surface area contributed by atoms with Crippen LogP contribution in [0, 0.1) is 0 Å². The first-order valence-electron chi connectivity index (χ1n) is 4.76. The van der Waals surface area contributed by atoms with E-state index in [9.17, 15) is 4.79 Å². The van der Waals surface area contributed by atoms with Gasteiger partial charge < -0.3 is 9.64 Å². The van der Waals surface area contributed by atoms with Gasteiger partial charge in [-0.05, 0) is 25.0 Å². The van der Waals surface area contributed by atoms with Crippen LogP contribution in [-0.4, -0.2) is 19.2 Å². The van der Waals surface area contributed by atoms with Crippen LogP contribution in [0.15, 0.2) is 24.3 Å². The van der Waals surface area contributed by atoms with Crippen molar-refractivity contribution < 1.29 is 9.53 Å². The van der Waals surface area contributed by atoms with Gasteiger partial charge in [-0.25, -0.2) is 0 Å². The fraction of sp³-hybridized carbons (Fsp3) is 0.364. The second kappa shape index (κ2) is 3.70. The van der Waals surface area contributed by atoms with Crippen LogP contribution in [0.1, 0.15) is 12.5 Å². The van der Waals surface area contributed by atoms with Crippen molar-refractivity contribution in [3.8, 4) is 0 Å². The molecule has 0 unspecified atom stereocenters. The van der Waals surface area contributed by atoms with E-state index in [1.165, 1.54) is 11.3 Å². The Morgan fingerprint density at radius 1 is 1.50 bits per heavy atom. The number of hydrogen-bond acceptors (Lipinski definition) is 3. The van der Waals surface area contributed by atoms with Gasteiger partial charge in [-0.3, -0.25) is 4.79 Å².